The van der Waals surface area contributed by atoms with Crippen LogP contribution in [0.4, 0.5) is 0 Å². The Hall–Kier alpha value is -2.44. The summed E-state index contributed by atoms with van der Waals surface area (Å²) < 4.78 is 45.9. The summed E-state index contributed by atoms with van der Waals surface area (Å²) in [5, 5.41) is 0. The zero-order chi connectivity index (χ0) is 32.9. The summed E-state index contributed by atoms with van der Waals surface area (Å²) >= 11 is 0. The molecule has 1 aromatic carbocycles. The molecule has 262 valence electrons. The van der Waals surface area contributed by atoms with E-state index in [0.717, 1.165) is 68.8 Å². The number of likely N-dealkylation sites (N-methyl/N-ethyl adjacent to an activating group) is 1. The van der Waals surface area contributed by atoms with Crippen LogP contribution in [0.2, 0.25) is 0 Å². The molecule has 0 heterocycles. The van der Waals surface area contributed by atoms with Crippen molar-refractivity contribution in [3.05, 3.63) is 23.8 Å². The van der Waals surface area contributed by atoms with Crippen molar-refractivity contribution in [3.63, 3.8) is 0 Å². The van der Waals surface area contributed by atoms with Crippen molar-refractivity contribution in [2.75, 3.05) is 107 Å². The topological polar surface area (TPSA) is 108 Å². The molecule has 0 radical (unpaired) electrons. The van der Waals surface area contributed by atoms with Gasteiger partial charge in [0.05, 0.1) is 92.4 Å². The molecule has 0 aromatic heterocycles. The molecule has 0 aliphatic heterocycles. The molecule has 11 heteroatoms. The molecular formula is C35H58NO10+. The molecule has 46 heavy (non-hydrogen) atoms. The highest BCUT2D eigenvalue weighted by Crippen LogP contribution is 2.29. The van der Waals surface area contributed by atoms with E-state index in [9.17, 15) is 9.59 Å². The van der Waals surface area contributed by atoms with Crippen molar-refractivity contribution in [2.24, 2.45) is 11.8 Å². The Morgan fingerprint density at radius 3 is 1.46 bits per heavy atom. The molecule has 11 nitrogen and oxygen atoms in total. The highest BCUT2D eigenvalue weighted by atomic mass is 16.6. The van der Waals surface area contributed by atoms with E-state index in [1.807, 2.05) is 12.1 Å². The maximum Gasteiger partial charge on any atom is 0.309 e. The van der Waals surface area contributed by atoms with Gasteiger partial charge in [-0.2, -0.15) is 0 Å². The number of nitrogens with zero attached hydrogens (tertiary/aromatic N) is 1. The van der Waals surface area contributed by atoms with Gasteiger partial charge in [0, 0.05) is 6.42 Å². The van der Waals surface area contributed by atoms with E-state index in [1.165, 1.54) is 5.56 Å². The number of esters is 2. The number of carbonyl (C=O) groups is 2. The first-order chi connectivity index (χ1) is 22.3. The monoisotopic (exact) mass is 652 g/mol. The van der Waals surface area contributed by atoms with E-state index in [-0.39, 0.29) is 37.0 Å². The quantitative estimate of drug-likeness (QED) is 0.0866. The fourth-order valence-electron chi connectivity index (χ4n) is 5.43. The fourth-order valence-corrected chi connectivity index (χ4v) is 5.43. The molecule has 2 aliphatic rings. The Balaban J connectivity index is 1.25. The number of quaternary nitrogens is 1. The molecule has 0 unspecified atom stereocenters. The molecular weight excluding hydrogens is 594 g/mol. The summed E-state index contributed by atoms with van der Waals surface area (Å²) in [6.07, 6.45) is 9.15. The normalized spacial score (nSPS) is 15.7. The van der Waals surface area contributed by atoms with Crippen LogP contribution in [-0.4, -0.2) is 123 Å². The average Bonchev–Trinajstić information content (AvgIpc) is 3.77. The highest BCUT2D eigenvalue weighted by molar-refractivity contribution is 5.73. The maximum atomic E-state index is 11.9. The van der Waals surface area contributed by atoms with Crippen LogP contribution in [0.5, 0.6) is 11.5 Å². The van der Waals surface area contributed by atoms with Crippen LogP contribution in [0.15, 0.2) is 18.2 Å². The lowest BCUT2D eigenvalue weighted by atomic mass is 10.1. The second-order valence-electron chi connectivity index (χ2n) is 13.0. The SMILES string of the molecule is C[N+](C)(C)CCc1ccc(OCCOCCOCCOC(=O)C2CCCC2)c(OCCOCCOCCOC(=O)C2CCCC2)c1. The van der Waals surface area contributed by atoms with Crippen LogP contribution < -0.4 is 9.47 Å². The predicted octanol–water partition coefficient (Wildman–Crippen LogP) is 4.23. The van der Waals surface area contributed by atoms with Gasteiger partial charge in [0.25, 0.3) is 0 Å². The molecule has 0 bridgehead atoms. The lowest BCUT2D eigenvalue weighted by molar-refractivity contribution is -0.870. The fraction of sp³-hybridized carbons (Fsp3) is 0.771. The summed E-state index contributed by atoms with van der Waals surface area (Å²) in [6.45, 7) is 5.57. The minimum absolute atomic E-state index is 0.0722. The molecule has 2 aliphatic carbocycles. The van der Waals surface area contributed by atoms with Crippen LogP contribution in [-0.2, 0) is 44.4 Å². The summed E-state index contributed by atoms with van der Waals surface area (Å²) in [7, 11) is 6.53. The van der Waals surface area contributed by atoms with Crippen molar-refractivity contribution in [1.29, 1.82) is 0 Å². The summed E-state index contributed by atoms with van der Waals surface area (Å²) in [5.74, 6) is 1.30. The van der Waals surface area contributed by atoms with Crippen LogP contribution in [0.1, 0.15) is 56.9 Å². The largest absolute Gasteiger partial charge is 0.487 e. The van der Waals surface area contributed by atoms with Gasteiger partial charge in [-0.15, -0.1) is 0 Å². The first-order valence-electron chi connectivity index (χ1n) is 17.1. The lowest BCUT2D eigenvalue weighted by Gasteiger charge is -2.24. The van der Waals surface area contributed by atoms with Crippen LogP contribution in [0, 0.1) is 11.8 Å². The van der Waals surface area contributed by atoms with Gasteiger partial charge in [-0.05, 0) is 43.4 Å². The smallest absolute Gasteiger partial charge is 0.309 e. The van der Waals surface area contributed by atoms with Gasteiger partial charge in [-0.1, -0.05) is 31.7 Å². The van der Waals surface area contributed by atoms with Crippen LogP contribution >= 0.6 is 0 Å². The third-order valence-corrected chi connectivity index (χ3v) is 8.11. The third kappa shape index (κ3) is 16.4. The van der Waals surface area contributed by atoms with Crippen molar-refractivity contribution < 1.29 is 52.0 Å². The third-order valence-electron chi connectivity index (χ3n) is 8.11. The van der Waals surface area contributed by atoms with Crippen molar-refractivity contribution in [1.82, 2.24) is 0 Å². The zero-order valence-corrected chi connectivity index (χ0v) is 28.5. The minimum atomic E-state index is -0.0943. The molecule has 2 fully saturated rings. The van der Waals surface area contributed by atoms with Crippen molar-refractivity contribution >= 4 is 11.9 Å². The van der Waals surface area contributed by atoms with E-state index in [2.05, 4.69) is 27.2 Å². The van der Waals surface area contributed by atoms with Gasteiger partial charge in [-0.25, -0.2) is 0 Å². The van der Waals surface area contributed by atoms with Gasteiger partial charge >= 0.3 is 11.9 Å². The number of carbonyl (C=O) groups excluding carboxylic acids is 2. The summed E-state index contributed by atoms with van der Waals surface area (Å²) in [4.78, 5) is 23.9. The maximum absolute atomic E-state index is 11.9. The summed E-state index contributed by atoms with van der Waals surface area (Å²) in [5.41, 5.74) is 1.18. The molecule has 0 spiro atoms. The molecule has 0 N–H and O–H groups in total. The first-order valence-corrected chi connectivity index (χ1v) is 17.1. The van der Waals surface area contributed by atoms with Gasteiger partial charge in [0.15, 0.2) is 11.5 Å². The summed E-state index contributed by atoms with van der Waals surface area (Å²) in [6, 6.07) is 6.06. The Labute approximate surface area is 275 Å². The van der Waals surface area contributed by atoms with Gasteiger partial charge in [-0.3, -0.25) is 9.59 Å². The Morgan fingerprint density at radius 2 is 1.00 bits per heavy atom. The standard InChI is InChI=1S/C35H58NO10/c1-36(2,3)15-14-29-12-13-32(43-24-20-39-16-18-41-22-26-45-34(37)30-8-4-5-9-30)33(28-29)44-25-21-40-17-19-42-23-27-46-35(38)31-10-6-7-11-31/h12-13,28,30-31H,4-11,14-27H2,1-3H3/q+1. The number of hydrogen-bond donors (Lipinski definition) is 0. The zero-order valence-electron chi connectivity index (χ0n) is 28.5. The van der Waals surface area contributed by atoms with Gasteiger partial charge < -0.3 is 42.4 Å². The van der Waals surface area contributed by atoms with Crippen LogP contribution in [0.3, 0.4) is 0 Å². The second-order valence-corrected chi connectivity index (χ2v) is 13.0. The molecule has 3 rings (SSSR count). The van der Waals surface area contributed by atoms with E-state index in [4.69, 9.17) is 37.9 Å². The van der Waals surface area contributed by atoms with Gasteiger partial charge in [0.2, 0.25) is 0 Å². The molecule has 0 atom stereocenters. The van der Waals surface area contributed by atoms with Crippen molar-refractivity contribution in [3.8, 4) is 11.5 Å². The minimum Gasteiger partial charge on any atom is -0.487 e. The predicted molar refractivity (Wildman–Crippen MR) is 173 cm³/mol. The highest BCUT2D eigenvalue weighted by Gasteiger charge is 2.24. The lowest BCUT2D eigenvalue weighted by Crippen LogP contribution is -2.36. The van der Waals surface area contributed by atoms with E-state index in [1.54, 1.807) is 0 Å². The number of benzene rings is 1. The molecule has 0 amide bonds. The number of ether oxygens (including phenoxy) is 8. The van der Waals surface area contributed by atoms with Crippen LogP contribution in [0.25, 0.3) is 0 Å². The van der Waals surface area contributed by atoms with Crippen molar-refractivity contribution in [2.45, 2.75) is 57.8 Å². The van der Waals surface area contributed by atoms with E-state index in [0.29, 0.717) is 77.6 Å². The number of rotatable bonds is 25. The average molecular weight is 653 g/mol. The molecule has 0 saturated heterocycles. The molecule has 2 saturated carbocycles. The number of hydrogen-bond acceptors (Lipinski definition) is 10. The molecule has 1 aromatic rings. The Morgan fingerprint density at radius 1 is 0.587 bits per heavy atom. The van der Waals surface area contributed by atoms with E-state index >= 15 is 0 Å². The van der Waals surface area contributed by atoms with E-state index < -0.39 is 0 Å². The van der Waals surface area contributed by atoms with Gasteiger partial charge in [0.1, 0.15) is 26.4 Å². The Kier molecular flexibility index (Phi) is 18.3. The Bertz CT molecular complexity index is 986. The first kappa shape index (κ1) is 38.0. The second kappa shape index (κ2) is 22.2.